The summed E-state index contributed by atoms with van der Waals surface area (Å²) in [5, 5.41) is 32.5. The third-order valence-electron chi connectivity index (χ3n) is 13.3. The Morgan fingerprint density at radius 1 is 0.531 bits per heavy atom. The van der Waals surface area contributed by atoms with Crippen molar-refractivity contribution in [3.8, 4) is 0 Å². The lowest BCUT2D eigenvalue weighted by Gasteiger charge is -2.52. The molecule has 4 fully saturated rings. The monoisotopic (exact) mass is 917 g/mol. The van der Waals surface area contributed by atoms with Crippen molar-refractivity contribution in [2.75, 3.05) is 88.9 Å². The molecule has 4 heterocycles. The maximum Gasteiger partial charge on any atom is 0.187 e. The minimum Gasteiger partial charge on any atom is -0.396 e. The van der Waals surface area contributed by atoms with Crippen molar-refractivity contribution in [3.63, 3.8) is 0 Å². The topological polar surface area (TPSA) is 199 Å². The number of aliphatic hydroxyl groups is 3. The SMILES string of the molecule is C=CCO[C@@H]1C(OC)[C@H](O[C@@H]2C(OC)[C@H](O[C@@H]3C(OC)[C@H](OC4[C@H](OCc5ccccc5)OC(CC)[C@H](C)[C@@H]4C)OC(COC)[C@@H]3CO)OC(COC)[C@@H]2CO)OC(COC)[C@@H]1CO. The zero-order valence-corrected chi connectivity index (χ0v) is 39.0. The molecule has 0 amide bonds. The number of hydrogen-bond acceptors (Lipinski definition) is 18. The van der Waals surface area contributed by atoms with E-state index < -0.39 is 104 Å². The molecule has 0 radical (unpaired) electrons. The Kier molecular flexibility index (Phi) is 22.2. The summed E-state index contributed by atoms with van der Waals surface area (Å²) in [4.78, 5) is 0. The van der Waals surface area contributed by atoms with Crippen LogP contribution in [0.5, 0.6) is 0 Å². The fourth-order valence-corrected chi connectivity index (χ4v) is 9.61. The van der Waals surface area contributed by atoms with Gasteiger partial charge in [0.25, 0.3) is 0 Å². The van der Waals surface area contributed by atoms with E-state index >= 15 is 0 Å². The number of rotatable bonds is 25. The molecular formula is C46H76O18. The van der Waals surface area contributed by atoms with Crippen LogP contribution in [0.4, 0.5) is 0 Å². The van der Waals surface area contributed by atoms with Gasteiger partial charge in [-0.05, 0) is 23.8 Å². The summed E-state index contributed by atoms with van der Waals surface area (Å²) in [7, 11) is 9.12. The lowest BCUT2D eigenvalue weighted by Crippen LogP contribution is -2.66. The molecule has 4 aliphatic heterocycles. The normalized spacial score (nSPS) is 40.6. The second kappa shape index (κ2) is 26.7. The summed E-state index contributed by atoms with van der Waals surface area (Å²) in [6.45, 7) is 9.85. The van der Waals surface area contributed by atoms with E-state index in [-0.39, 0.29) is 64.2 Å². The van der Waals surface area contributed by atoms with Gasteiger partial charge >= 0.3 is 0 Å². The molecule has 0 bridgehead atoms. The minimum absolute atomic E-state index is 0.0325. The van der Waals surface area contributed by atoms with Gasteiger partial charge in [0.05, 0.1) is 95.6 Å². The zero-order valence-electron chi connectivity index (χ0n) is 39.0. The van der Waals surface area contributed by atoms with Crippen molar-refractivity contribution < 1.29 is 86.4 Å². The van der Waals surface area contributed by atoms with Crippen LogP contribution >= 0.6 is 0 Å². The van der Waals surface area contributed by atoms with Crippen molar-refractivity contribution in [2.45, 2.75) is 126 Å². The van der Waals surface area contributed by atoms with E-state index in [2.05, 4.69) is 27.4 Å². The van der Waals surface area contributed by atoms with Crippen LogP contribution in [-0.2, 0) is 77.7 Å². The first-order valence-electron chi connectivity index (χ1n) is 22.5. The van der Waals surface area contributed by atoms with Crippen LogP contribution in [0.15, 0.2) is 43.0 Å². The van der Waals surface area contributed by atoms with Gasteiger partial charge in [0.2, 0.25) is 0 Å². The highest BCUT2D eigenvalue weighted by atomic mass is 16.8. The first-order valence-corrected chi connectivity index (χ1v) is 22.5. The fourth-order valence-electron chi connectivity index (χ4n) is 9.61. The van der Waals surface area contributed by atoms with Gasteiger partial charge in [0, 0.05) is 60.4 Å². The molecule has 18 heteroatoms. The lowest BCUT2D eigenvalue weighted by atomic mass is 9.82. The Morgan fingerprint density at radius 3 is 1.36 bits per heavy atom. The van der Waals surface area contributed by atoms with Crippen molar-refractivity contribution in [2.24, 2.45) is 29.6 Å². The number of aliphatic hydroxyl groups excluding tert-OH is 3. The second-order valence-electron chi connectivity index (χ2n) is 17.0. The average molecular weight is 917 g/mol. The summed E-state index contributed by atoms with van der Waals surface area (Å²) < 4.78 is 94.8. The van der Waals surface area contributed by atoms with Crippen LogP contribution < -0.4 is 0 Å². The summed E-state index contributed by atoms with van der Waals surface area (Å²) >= 11 is 0. The van der Waals surface area contributed by atoms with Gasteiger partial charge in [0.15, 0.2) is 25.2 Å². The number of ether oxygens (including phenoxy) is 15. The molecule has 20 atom stereocenters. The summed E-state index contributed by atoms with van der Waals surface area (Å²) in [6.07, 6.45) is -9.89. The van der Waals surface area contributed by atoms with Gasteiger partial charge in [0.1, 0.15) is 24.4 Å². The highest BCUT2D eigenvalue weighted by Crippen LogP contribution is 2.42. The fraction of sp³-hybridized carbons (Fsp3) is 0.826. The quantitative estimate of drug-likeness (QED) is 0.121. The summed E-state index contributed by atoms with van der Waals surface area (Å²) in [5.74, 6) is -1.87. The predicted octanol–water partition coefficient (Wildman–Crippen LogP) is 2.32. The van der Waals surface area contributed by atoms with E-state index in [1.54, 1.807) is 13.2 Å². The maximum absolute atomic E-state index is 11.0. The molecule has 0 aromatic heterocycles. The Bertz CT molecular complexity index is 1450. The zero-order chi connectivity index (χ0) is 46.3. The molecule has 4 aliphatic rings. The molecule has 1 aromatic rings. The molecule has 5 rings (SSSR count). The number of methoxy groups -OCH3 is 6. The van der Waals surface area contributed by atoms with E-state index in [4.69, 9.17) is 71.1 Å². The second-order valence-corrected chi connectivity index (χ2v) is 17.0. The van der Waals surface area contributed by atoms with Crippen LogP contribution in [0.1, 0.15) is 32.8 Å². The molecule has 8 unspecified atom stereocenters. The van der Waals surface area contributed by atoms with Crippen LogP contribution in [0.3, 0.4) is 0 Å². The smallest absolute Gasteiger partial charge is 0.187 e. The van der Waals surface area contributed by atoms with Gasteiger partial charge in [-0.3, -0.25) is 0 Å². The molecule has 4 saturated heterocycles. The molecule has 64 heavy (non-hydrogen) atoms. The molecular weight excluding hydrogens is 840 g/mol. The van der Waals surface area contributed by atoms with E-state index in [0.717, 1.165) is 12.0 Å². The standard InChI is InChI=1S/C46H76O18/c1-11-18-56-37-29(19-47)33(23-50-5)59-44(40(37)53-8)63-39-31(21-49)35(25-52-7)61-46(42(39)55-10)64-38-30(20-48)34(24-51-6)60-45(41(38)54-9)62-36-27(4)26(3)32(12-2)58-43(36)57-22-28-16-14-13-15-17-28/h11,13-17,26-27,29-49H,1,12,18-25H2,2-10H3/t26-,27+,29+,30+,31+,32?,33?,34?,35?,36?,37+,38+,39+,40?,41?,42?,43-,44+,45+,46+/m1/s1. The summed E-state index contributed by atoms with van der Waals surface area (Å²) in [6, 6.07) is 9.86. The van der Waals surface area contributed by atoms with Gasteiger partial charge < -0.3 is 86.4 Å². The van der Waals surface area contributed by atoms with Gasteiger partial charge in [-0.1, -0.05) is 57.2 Å². The van der Waals surface area contributed by atoms with Gasteiger partial charge in [-0.25, -0.2) is 0 Å². The van der Waals surface area contributed by atoms with E-state index in [1.165, 1.54) is 35.5 Å². The molecule has 1 aromatic carbocycles. The molecule has 0 saturated carbocycles. The highest BCUT2D eigenvalue weighted by Gasteiger charge is 2.57. The van der Waals surface area contributed by atoms with Crippen LogP contribution in [0.25, 0.3) is 0 Å². The van der Waals surface area contributed by atoms with E-state index in [0.29, 0.717) is 6.61 Å². The molecule has 368 valence electrons. The maximum atomic E-state index is 11.0. The van der Waals surface area contributed by atoms with E-state index in [9.17, 15) is 15.3 Å². The van der Waals surface area contributed by atoms with E-state index in [1.807, 2.05) is 30.3 Å². The first kappa shape index (κ1) is 53.2. The lowest BCUT2D eigenvalue weighted by molar-refractivity contribution is -0.389. The van der Waals surface area contributed by atoms with Crippen molar-refractivity contribution in [1.82, 2.24) is 0 Å². The third kappa shape index (κ3) is 12.5. The molecule has 18 nitrogen and oxygen atoms in total. The Labute approximate surface area is 378 Å². The van der Waals surface area contributed by atoms with Crippen LogP contribution in [0.2, 0.25) is 0 Å². The van der Waals surface area contributed by atoms with Crippen molar-refractivity contribution in [1.29, 1.82) is 0 Å². The van der Waals surface area contributed by atoms with Crippen LogP contribution in [0, 0.1) is 29.6 Å². The Morgan fingerprint density at radius 2 is 0.953 bits per heavy atom. The number of hydrogen-bond donors (Lipinski definition) is 3. The predicted molar refractivity (Wildman–Crippen MR) is 229 cm³/mol. The van der Waals surface area contributed by atoms with Crippen LogP contribution in [-0.4, -0.2) is 197 Å². The van der Waals surface area contributed by atoms with Gasteiger partial charge in [-0.2, -0.15) is 0 Å². The third-order valence-corrected chi connectivity index (χ3v) is 13.3. The Balaban J connectivity index is 1.48. The minimum atomic E-state index is -1.20. The van der Waals surface area contributed by atoms with Gasteiger partial charge in [-0.15, -0.1) is 6.58 Å². The average Bonchev–Trinajstić information content (AvgIpc) is 3.30. The largest absolute Gasteiger partial charge is 0.396 e. The Hall–Kier alpha value is -1.76. The van der Waals surface area contributed by atoms with Crippen molar-refractivity contribution in [3.05, 3.63) is 48.6 Å². The molecule has 0 spiro atoms. The molecule has 0 aliphatic carbocycles. The molecule has 3 N–H and O–H groups in total. The van der Waals surface area contributed by atoms with Crippen molar-refractivity contribution >= 4 is 0 Å². The first-order chi connectivity index (χ1) is 31.1. The summed E-state index contributed by atoms with van der Waals surface area (Å²) in [5.41, 5.74) is 0.989. The number of benzene rings is 1. The highest BCUT2D eigenvalue weighted by molar-refractivity contribution is 5.13.